The van der Waals surface area contributed by atoms with Crippen LogP contribution in [0.2, 0.25) is 0 Å². The van der Waals surface area contributed by atoms with E-state index in [-0.39, 0.29) is 17.3 Å². The van der Waals surface area contributed by atoms with Gasteiger partial charge in [0.15, 0.2) is 0 Å². The number of nitrogens with zero attached hydrogens (tertiary/aromatic N) is 3. The van der Waals surface area contributed by atoms with Gasteiger partial charge < -0.3 is 15.4 Å². The standard InChI is InChI=1S/C21H20FN5O3/c1-26(2)14-7-3-12(4-8-14)16-11-17(25-24-16)18-19(28)23-21(30)27(20(18)29)15-9-5-13(22)6-10-15/h3-10,16,24,29H,11H2,1-2H3,(H,23,28,30)/t16-/m0/s1. The Morgan fingerprint density at radius 1 is 1.10 bits per heavy atom. The molecule has 2 aromatic carbocycles. The minimum absolute atomic E-state index is 0.0983. The Hall–Kier alpha value is -3.88. The molecule has 4 rings (SSSR count). The molecule has 9 heteroatoms. The highest BCUT2D eigenvalue weighted by atomic mass is 19.1. The van der Waals surface area contributed by atoms with E-state index < -0.39 is 22.9 Å². The summed E-state index contributed by atoms with van der Waals surface area (Å²) >= 11 is 0. The Balaban J connectivity index is 1.68. The van der Waals surface area contributed by atoms with Gasteiger partial charge in [0.05, 0.1) is 17.4 Å². The molecule has 1 atom stereocenters. The SMILES string of the molecule is CN(C)c1ccc([C@@H]2CC(c3c(O)n(-c4ccc(F)cc4)c(=O)[nH]c3=O)=NN2)cc1. The molecule has 0 saturated heterocycles. The van der Waals surface area contributed by atoms with Crippen LogP contribution in [0.5, 0.6) is 5.88 Å². The molecule has 0 unspecified atom stereocenters. The van der Waals surface area contributed by atoms with Crippen molar-refractivity contribution in [3.63, 3.8) is 0 Å². The largest absolute Gasteiger partial charge is 0.493 e. The number of H-pyrrole nitrogens is 1. The van der Waals surface area contributed by atoms with E-state index >= 15 is 0 Å². The van der Waals surface area contributed by atoms with E-state index in [0.717, 1.165) is 28.0 Å². The number of hydrazone groups is 1. The number of hydrogen-bond donors (Lipinski definition) is 3. The number of halogens is 1. The molecular weight excluding hydrogens is 389 g/mol. The Labute approximate surface area is 170 Å². The van der Waals surface area contributed by atoms with Crippen LogP contribution in [0.1, 0.15) is 23.6 Å². The molecule has 0 amide bonds. The van der Waals surface area contributed by atoms with E-state index in [1.54, 1.807) is 0 Å². The van der Waals surface area contributed by atoms with E-state index in [0.29, 0.717) is 12.1 Å². The second-order valence-electron chi connectivity index (χ2n) is 7.20. The maximum atomic E-state index is 13.2. The summed E-state index contributed by atoms with van der Waals surface area (Å²) in [5, 5.41) is 14.9. The minimum Gasteiger partial charge on any atom is -0.493 e. The molecule has 154 valence electrons. The van der Waals surface area contributed by atoms with Gasteiger partial charge in [-0.2, -0.15) is 5.10 Å². The van der Waals surface area contributed by atoms with Gasteiger partial charge >= 0.3 is 5.69 Å². The highest BCUT2D eigenvalue weighted by Gasteiger charge is 2.27. The lowest BCUT2D eigenvalue weighted by molar-refractivity contribution is 0.429. The number of hydrogen-bond acceptors (Lipinski definition) is 6. The lowest BCUT2D eigenvalue weighted by atomic mass is 9.99. The summed E-state index contributed by atoms with van der Waals surface area (Å²) in [5.74, 6) is -1.03. The molecule has 0 radical (unpaired) electrons. The van der Waals surface area contributed by atoms with Crippen molar-refractivity contribution >= 4 is 11.4 Å². The van der Waals surface area contributed by atoms with Crippen LogP contribution >= 0.6 is 0 Å². The zero-order valence-electron chi connectivity index (χ0n) is 16.4. The minimum atomic E-state index is -0.824. The van der Waals surface area contributed by atoms with Gasteiger partial charge in [0.25, 0.3) is 5.56 Å². The van der Waals surface area contributed by atoms with Gasteiger partial charge in [0.1, 0.15) is 11.4 Å². The summed E-state index contributed by atoms with van der Waals surface area (Å²) in [6.07, 6.45) is 0.347. The summed E-state index contributed by atoms with van der Waals surface area (Å²) in [7, 11) is 3.91. The van der Waals surface area contributed by atoms with Crippen LogP contribution in [0.3, 0.4) is 0 Å². The van der Waals surface area contributed by atoms with Crippen LogP contribution < -0.4 is 21.6 Å². The average Bonchev–Trinajstić information content (AvgIpc) is 3.19. The van der Waals surface area contributed by atoms with Crippen molar-refractivity contribution in [1.82, 2.24) is 15.0 Å². The Bertz CT molecular complexity index is 1230. The first-order valence-corrected chi connectivity index (χ1v) is 9.29. The molecule has 0 fully saturated rings. The van der Waals surface area contributed by atoms with E-state index in [1.165, 1.54) is 12.1 Å². The van der Waals surface area contributed by atoms with Gasteiger partial charge in [-0.15, -0.1) is 0 Å². The molecule has 0 spiro atoms. The first kappa shape index (κ1) is 19.4. The van der Waals surface area contributed by atoms with Gasteiger partial charge in [0.2, 0.25) is 5.88 Å². The summed E-state index contributed by atoms with van der Waals surface area (Å²) < 4.78 is 14.1. The van der Waals surface area contributed by atoms with Gasteiger partial charge in [-0.1, -0.05) is 12.1 Å². The van der Waals surface area contributed by atoms with Crippen molar-refractivity contribution in [3.05, 3.63) is 86.3 Å². The van der Waals surface area contributed by atoms with Crippen LogP contribution in [0.4, 0.5) is 10.1 Å². The quantitative estimate of drug-likeness (QED) is 0.611. The van der Waals surface area contributed by atoms with Gasteiger partial charge in [0, 0.05) is 26.2 Å². The second kappa shape index (κ2) is 7.51. The van der Waals surface area contributed by atoms with Crippen molar-refractivity contribution in [3.8, 4) is 11.6 Å². The normalized spacial score (nSPS) is 15.6. The van der Waals surface area contributed by atoms with Crippen LogP contribution in [-0.4, -0.2) is 34.5 Å². The van der Waals surface area contributed by atoms with Crippen molar-refractivity contribution in [2.75, 3.05) is 19.0 Å². The number of benzene rings is 2. The van der Waals surface area contributed by atoms with Gasteiger partial charge in [-0.25, -0.2) is 13.8 Å². The van der Waals surface area contributed by atoms with Crippen molar-refractivity contribution in [2.24, 2.45) is 5.10 Å². The van der Waals surface area contributed by atoms with Crippen LogP contribution in [0.15, 0.2) is 63.2 Å². The highest BCUT2D eigenvalue weighted by Crippen LogP contribution is 2.28. The molecule has 30 heavy (non-hydrogen) atoms. The summed E-state index contributed by atoms with van der Waals surface area (Å²) in [6.45, 7) is 0. The number of aromatic amines is 1. The number of aromatic hydroxyl groups is 1. The lowest BCUT2D eigenvalue weighted by Gasteiger charge is -2.15. The summed E-state index contributed by atoms with van der Waals surface area (Å²) in [6, 6.07) is 12.7. The molecule has 2 heterocycles. The van der Waals surface area contributed by atoms with Crippen molar-refractivity contribution < 1.29 is 9.50 Å². The van der Waals surface area contributed by atoms with Crippen LogP contribution in [0, 0.1) is 5.82 Å². The van der Waals surface area contributed by atoms with Gasteiger partial charge in [-0.3, -0.25) is 9.78 Å². The maximum Gasteiger partial charge on any atom is 0.335 e. The summed E-state index contributed by atoms with van der Waals surface area (Å²) in [5.41, 5.74) is 3.90. The number of aromatic nitrogens is 2. The zero-order valence-corrected chi connectivity index (χ0v) is 16.4. The Morgan fingerprint density at radius 2 is 1.77 bits per heavy atom. The predicted molar refractivity (Wildman–Crippen MR) is 112 cm³/mol. The molecule has 1 aliphatic rings. The van der Waals surface area contributed by atoms with E-state index in [4.69, 9.17) is 0 Å². The number of nitrogens with one attached hydrogen (secondary N) is 2. The fourth-order valence-corrected chi connectivity index (χ4v) is 3.41. The first-order chi connectivity index (χ1) is 14.3. The molecule has 3 N–H and O–H groups in total. The third-order valence-corrected chi connectivity index (χ3v) is 5.02. The molecule has 8 nitrogen and oxygen atoms in total. The molecule has 0 bridgehead atoms. The topological polar surface area (TPSA) is 103 Å². The first-order valence-electron chi connectivity index (χ1n) is 9.29. The molecule has 0 aliphatic carbocycles. The van der Waals surface area contributed by atoms with E-state index in [2.05, 4.69) is 15.5 Å². The molecular formula is C21H20FN5O3. The monoisotopic (exact) mass is 409 g/mol. The van der Waals surface area contributed by atoms with E-state index in [1.807, 2.05) is 43.3 Å². The van der Waals surface area contributed by atoms with Crippen LogP contribution in [-0.2, 0) is 0 Å². The van der Waals surface area contributed by atoms with Gasteiger partial charge in [-0.05, 0) is 42.0 Å². The molecule has 1 aliphatic heterocycles. The molecule has 0 saturated carbocycles. The second-order valence-corrected chi connectivity index (χ2v) is 7.20. The summed E-state index contributed by atoms with van der Waals surface area (Å²) in [4.78, 5) is 28.9. The Kier molecular flexibility index (Phi) is 4.86. The van der Waals surface area contributed by atoms with E-state index in [9.17, 15) is 19.1 Å². The highest BCUT2D eigenvalue weighted by molar-refractivity contribution is 6.03. The molecule has 1 aromatic heterocycles. The third kappa shape index (κ3) is 3.45. The smallest absolute Gasteiger partial charge is 0.335 e. The number of anilines is 1. The van der Waals surface area contributed by atoms with Crippen molar-refractivity contribution in [1.29, 1.82) is 0 Å². The fraction of sp³-hybridized carbons (Fsp3) is 0.190. The Morgan fingerprint density at radius 3 is 2.40 bits per heavy atom. The zero-order chi connectivity index (χ0) is 21.4. The third-order valence-electron chi connectivity index (χ3n) is 5.02. The molecule has 3 aromatic rings. The maximum absolute atomic E-state index is 13.2. The lowest BCUT2D eigenvalue weighted by Crippen LogP contribution is -2.33. The number of rotatable bonds is 4. The van der Waals surface area contributed by atoms with Crippen LogP contribution in [0.25, 0.3) is 5.69 Å². The fourth-order valence-electron chi connectivity index (χ4n) is 3.41. The predicted octanol–water partition coefficient (Wildman–Crippen LogP) is 1.88. The average molecular weight is 409 g/mol. The van der Waals surface area contributed by atoms with Crippen molar-refractivity contribution in [2.45, 2.75) is 12.5 Å².